The first-order chi connectivity index (χ1) is 27.7. The normalized spacial score (nSPS) is 30.6. The Labute approximate surface area is 353 Å². The summed E-state index contributed by atoms with van der Waals surface area (Å²) < 4.78 is 18.6. The summed E-state index contributed by atoms with van der Waals surface area (Å²) in [6.07, 6.45) is 45.5. The van der Waals surface area contributed by atoms with Gasteiger partial charge in [-0.3, -0.25) is 0 Å². The molecule has 0 bridgehead atoms. The zero-order valence-electron chi connectivity index (χ0n) is 38.6. The molecule has 0 radical (unpaired) electrons. The van der Waals surface area contributed by atoms with Gasteiger partial charge in [0.1, 0.15) is 0 Å². The molecule has 0 amide bonds. The van der Waals surface area contributed by atoms with E-state index in [4.69, 9.17) is 19.9 Å². The van der Waals surface area contributed by atoms with Gasteiger partial charge in [0.25, 0.3) is 0 Å². The van der Waals surface area contributed by atoms with Gasteiger partial charge in [0.05, 0.1) is 25.4 Å². The van der Waals surface area contributed by atoms with Gasteiger partial charge in [0.15, 0.2) is 0 Å². The largest absolute Gasteiger partial charge is 0.380 e. The minimum atomic E-state index is -0.0212. The molecule has 5 nitrogen and oxygen atoms in total. The number of fused-ring (bicyclic) bond motifs is 5. The van der Waals surface area contributed by atoms with Crippen LogP contribution in [0.25, 0.3) is 0 Å². The van der Waals surface area contributed by atoms with Crippen LogP contribution in [-0.2, 0) is 14.2 Å². The van der Waals surface area contributed by atoms with Crippen molar-refractivity contribution < 1.29 is 14.2 Å². The number of nitrogens with one attached hydrogen (secondary N) is 1. The molecule has 0 heterocycles. The number of nitrogens with two attached hydrogens (primary N) is 1. The van der Waals surface area contributed by atoms with Crippen LogP contribution >= 0.6 is 0 Å². The van der Waals surface area contributed by atoms with Gasteiger partial charge >= 0.3 is 0 Å². The molecule has 4 rings (SSSR count). The summed E-state index contributed by atoms with van der Waals surface area (Å²) in [4.78, 5) is 0. The molecule has 4 aliphatic rings. The Morgan fingerprint density at radius 1 is 0.754 bits per heavy atom. The third-order valence-electron chi connectivity index (χ3n) is 15.6. The van der Waals surface area contributed by atoms with Crippen molar-refractivity contribution in [3.63, 3.8) is 0 Å². The number of rotatable bonds is 31. The third kappa shape index (κ3) is 15.2. The van der Waals surface area contributed by atoms with Gasteiger partial charge in [0, 0.05) is 25.4 Å². The second-order valence-electron chi connectivity index (χ2n) is 20.2. The number of hydrogen-bond acceptors (Lipinski definition) is 5. The van der Waals surface area contributed by atoms with Crippen molar-refractivity contribution in [2.75, 3.05) is 40.1 Å². The Morgan fingerprint density at radius 2 is 1.42 bits per heavy atom. The molecule has 0 saturated heterocycles. The van der Waals surface area contributed by atoms with E-state index >= 15 is 0 Å². The lowest BCUT2D eigenvalue weighted by Gasteiger charge is -2.63. The van der Waals surface area contributed by atoms with E-state index in [1.165, 1.54) is 128 Å². The third-order valence-corrected chi connectivity index (χ3v) is 15.6. The van der Waals surface area contributed by atoms with Gasteiger partial charge in [-0.15, -0.1) is 0 Å². The summed E-state index contributed by atoms with van der Waals surface area (Å²) in [6, 6.07) is 0.256. The van der Waals surface area contributed by atoms with Crippen molar-refractivity contribution in [1.29, 1.82) is 0 Å². The molecule has 3 saturated carbocycles. The maximum absolute atomic E-state index is 7.67. The van der Waals surface area contributed by atoms with Crippen LogP contribution in [0.3, 0.4) is 0 Å². The summed E-state index contributed by atoms with van der Waals surface area (Å²) in [5.41, 5.74) is 10.0. The highest BCUT2D eigenvalue weighted by atomic mass is 16.5. The lowest BCUT2D eigenvalue weighted by Crippen LogP contribution is -2.66. The molecule has 4 aliphatic carbocycles. The van der Waals surface area contributed by atoms with E-state index in [2.05, 4.69) is 70.3 Å². The molecule has 5 heteroatoms. The summed E-state index contributed by atoms with van der Waals surface area (Å²) in [5.74, 6) is 3.02. The van der Waals surface area contributed by atoms with Crippen LogP contribution in [0.4, 0.5) is 0 Å². The average Bonchev–Trinajstić information content (AvgIpc) is 3.54. The van der Waals surface area contributed by atoms with Crippen LogP contribution in [0.15, 0.2) is 36.0 Å². The van der Waals surface area contributed by atoms with Crippen LogP contribution in [0.2, 0.25) is 0 Å². The van der Waals surface area contributed by atoms with Gasteiger partial charge in [-0.2, -0.15) is 0 Å². The molecule has 8 unspecified atom stereocenters. The van der Waals surface area contributed by atoms with E-state index in [0.29, 0.717) is 30.0 Å². The average molecular weight is 795 g/mol. The highest BCUT2D eigenvalue weighted by Crippen LogP contribution is 2.67. The van der Waals surface area contributed by atoms with E-state index in [9.17, 15) is 0 Å². The molecule has 0 aromatic heterocycles. The van der Waals surface area contributed by atoms with E-state index in [1.54, 1.807) is 5.57 Å². The standard InChI is InChI=1S/C52H94N2O3/c1-7-8-9-10-11-12-13-14-15-16-17-18-19-20-21-24-37-55-41-46(54-6)42-56-38-25-26-39-57-47-32-34-51(5)45(40-47)31-36-52(53)48-30-29-44(28-23-22-27-43(2)3)50(48,4)35-33-49(51)52/h11-12,14-15,31,43-44,46-49,54H,7-10,13,16-30,32-42,53H2,1-6H3/b12-11-,15-14-. The molecule has 3 fully saturated rings. The van der Waals surface area contributed by atoms with E-state index < -0.39 is 0 Å². The second-order valence-corrected chi connectivity index (χ2v) is 20.2. The van der Waals surface area contributed by atoms with Crippen molar-refractivity contribution in [2.24, 2.45) is 40.2 Å². The zero-order chi connectivity index (χ0) is 40.8. The monoisotopic (exact) mass is 795 g/mol. The van der Waals surface area contributed by atoms with Crippen molar-refractivity contribution in [2.45, 2.75) is 219 Å². The van der Waals surface area contributed by atoms with Gasteiger partial charge in [-0.25, -0.2) is 0 Å². The van der Waals surface area contributed by atoms with Crippen LogP contribution in [-0.4, -0.2) is 57.8 Å². The van der Waals surface area contributed by atoms with Crippen molar-refractivity contribution in [3.05, 3.63) is 36.0 Å². The number of hydrogen-bond donors (Lipinski definition) is 2. The Bertz CT molecular complexity index is 1170. The smallest absolute Gasteiger partial charge is 0.0642 e. The SMILES string of the molecule is CCCCC/C=C\C/C=C\CCCCCCCCOCC(COCCCCOC1CCC2(C)C(=CCC3(N)C2CCC2(C)C(CCCCC(C)C)CCC23)C1)NC. The fourth-order valence-corrected chi connectivity index (χ4v) is 11.9. The number of allylic oxidation sites excluding steroid dienone is 4. The topological polar surface area (TPSA) is 65.7 Å². The number of unbranched alkanes of at least 4 members (excludes halogenated alkanes) is 11. The molecule has 57 heavy (non-hydrogen) atoms. The maximum atomic E-state index is 7.67. The Morgan fingerprint density at radius 3 is 2.12 bits per heavy atom. The van der Waals surface area contributed by atoms with Crippen LogP contribution in [0, 0.1) is 34.5 Å². The van der Waals surface area contributed by atoms with Gasteiger partial charge in [-0.05, 0) is 151 Å². The van der Waals surface area contributed by atoms with Crippen molar-refractivity contribution in [3.8, 4) is 0 Å². The van der Waals surface area contributed by atoms with Crippen LogP contribution < -0.4 is 11.1 Å². The Kier molecular flexibility index (Phi) is 22.5. The van der Waals surface area contributed by atoms with E-state index in [0.717, 1.165) is 76.8 Å². The van der Waals surface area contributed by atoms with Crippen LogP contribution in [0.1, 0.15) is 202 Å². The molecule has 0 aliphatic heterocycles. The molecule has 330 valence electrons. The molecule has 0 spiro atoms. The Hall–Kier alpha value is -0.980. The lowest BCUT2D eigenvalue weighted by molar-refractivity contribution is -0.0742. The molecule has 8 atom stereocenters. The number of likely N-dealkylation sites (N-methyl/N-ethyl adjacent to an activating group) is 1. The van der Waals surface area contributed by atoms with Gasteiger partial charge < -0.3 is 25.3 Å². The summed E-state index contributed by atoms with van der Waals surface area (Å²) in [6.45, 7) is 16.2. The molecule has 0 aromatic rings. The van der Waals surface area contributed by atoms with E-state index in [-0.39, 0.29) is 17.0 Å². The first-order valence-electron chi connectivity index (χ1n) is 24.9. The number of ether oxygens (including phenoxy) is 3. The molecular weight excluding hydrogens is 701 g/mol. The summed E-state index contributed by atoms with van der Waals surface area (Å²) in [5, 5.41) is 3.38. The second kappa shape index (κ2) is 26.4. The van der Waals surface area contributed by atoms with Gasteiger partial charge in [-0.1, -0.05) is 128 Å². The zero-order valence-corrected chi connectivity index (χ0v) is 38.6. The Balaban J connectivity index is 0.997. The summed E-state index contributed by atoms with van der Waals surface area (Å²) >= 11 is 0. The van der Waals surface area contributed by atoms with Crippen molar-refractivity contribution in [1.82, 2.24) is 5.32 Å². The quantitative estimate of drug-likeness (QED) is 0.0540. The van der Waals surface area contributed by atoms with E-state index in [1.807, 2.05) is 7.05 Å². The van der Waals surface area contributed by atoms with Gasteiger partial charge in [0.2, 0.25) is 0 Å². The predicted octanol–water partition coefficient (Wildman–Crippen LogP) is 13.5. The van der Waals surface area contributed by atoms with Crippen molar-refractivity contribution >= 4 is 0 Å². The highest BCUT2D eigenvalue weighted by Gasteiger charge is 2.63. The predicted molar refractivity (Wildman–Crippen MR) is 245 cm³/mol. The molecular formula is C52H94N2O3. The lowest BCUT2D eigenvalue weighted by atomic mass is 9.44. The molecule has 0 aromatic carbocycles. The van der Waals surface area contributed by atoms with Crippen LogP contribution in [0.5, 0.6) is 0 Å². The first kappa shape index (κ1) is 48.7. The fourth-order valence-electron chi connectivity index (χ4n) is 11.9. The highest BCUT2D eigenvalue weighted by molar-refractivity contribution is 5.30. The summed E-state index contributed by atoms with van der Waals surface area (Å²) in [7, 11) is 2.02. The fraction of sp³-hybridized carbons (Fsp3) is 0.885. The molecule has 3 N–H and O–H groups in total. The minimum absolute atomic E-state index is 0.0212. The first-order valence-corrected chi connectivity index (χ1v) is 24.9. The minimum Gasteiger partial charge on any atom is -0.380 e. The maximum Gasteiger partial charge on any atom is 0.0642 e.